The van der Waals surface area contributed by atoms with Gasteiger partial charge in [0.1, 0.15) is 0 Å². The Bertz CT molecular complexity index is 465. The number of rotatable bonds is 4. The van der Waals surface area contributed by atoms with Crippen LogP contribution in [0.4, 0.5) is 4.79 Å². The third-order valence-electron chi connectivity index (χ3n) is 2.25. The second-order valence-electron chi connectivity index (χ2n) is 3.69. The molecule has 0 aliphatic heterocycles. The Morgan fingerprint density at radius 1 is 1.28 bits per heavy atom. The van der Waals surface area contributed by atoms with Gasteiger partial charge in [-0.1, -0.05) is 36.3 Å². The Morgan fingerprint density at radius 3 is 2.39 bits per heavy atom. The number of carbonyl (C=O) groups excluding carboxylic acids is 1. The van der Waals surface area contributed by atoms with Crippen LogP contribution < -0.4 is 10.6 Å². The molecule has 1 rings (SSSR count). The number of hydrogen-bond acceptors (Lipinski definition) is 2. The SMILES string of the molecule is C#CC(C)NC(=O)NC(C(=O)O)c1ccccc1. The summed E-state index contributed by atoms with van der Waals surface area (Å²) in [4.78, 5) is 22.6. The first-order valence-electron chi connectivity index (χ1n) is 5.35. The number of carboxylic acids is 1. The fraction of sp³-hybridized carbons (Fsp3) is 0.231. The molecular weight excluding hydrogens is 232 g/mol. The van der Waals surface area contributed by atoms with Crippen molar-refractivity contribution in [1.29, 1.82) is 0 Å². The van der Waals surface area contributed by atoms with Crippen molar-refractivity contribution < 1.29 is 14.7 Å². The summed E-state index contributed by atoms with van der Waals surface area (Å²) < 4.78 is 0. The van der Waals surface area contributed by atoms with Gasteiger partial charge in [-0.2, -0.15) is 0 Å². The second-order valence-corrected chi connectivity index (χ2v) is 3.69. The zero-order valence-electron chi connectivity index (χ0n) is 9.88. The first-order chi connectivity index (χ1) is 8.54. The Balaban J connectivity index is 2.74. The molecule has 1 aromatic rings. The first kappa shape index (κ1) is 13.6. The van der Waals surface area contributed by atoms with Crippen LogP contribution in [-0.4, -0.2) is 23.1 Å². The van der Waals surface area contributed by atoms with Crippen molar-refractivity contribution in [2.24, 2.45) is 0 Å². The highest BCUT2D eigenvalue weighted by Gasteiger charge is 2.21. The summed E-state index contributed by atoms with van der Waals surface area (Å²) in [5, 5.41) is 13.9. The van der Waals surface area contributed by atoms with Gasteiger partial charge in [-0.3, -0.25) is 0 Å². The minimum Gasteiger partial charge on any atom is -0.479 e. The van der Waals surface area contributed by atoms with Crippen molar-refractivity contribution in [1.82, 2.24) is 10.6 Å². The third kappa shape index (κ3) is 3.83. The van der Waals surface area contributed by atoms with Crippen LogP contribution in [-0.2, 0) is 4.79 Å². The molecule has 0 bridgehead atoms. The van der Waals surface area contributed by atoms with Gasteiger partial charge in [0.15, 0.2) is 6.04 Å². The van der Waals surface area contributed by atoms with Gasteiger partial charge < -0.3 is 15.7 Å². The average Bonchev–Trinajstić information content (AvgIpc) is 2.36. The van der Waals surface area contributed by atoms with Crippen molar-refractivity contribution in [2.75, 3.05) is 0 Å². The quantitative estimate of drug-likeness (QED) is 0.697. The van der Waals surface area contributed by atoms with E-state index < -0.39 is 24.1 Å². The molecule has 0 aliphatic carbocycles. The lowest BCUT2D eigenvalue weighted by molar-refractivity contribution is -0.139. The molecule has 0 heterocycles. The highest BCUT2D eigenvalue weighted by atomic mass is 16.4. The number of hydrogen-bond donors (Lipinski definition) is 3. The molecule has 1 aromatic carbocycles. The molecule has 18 heavy (non-hydrogen) atoms. The first-order valence-corrected chi connectivity index (χ1v) is 5.35. The van der Waals surface area contributed by atoms with E-state index in [1.165, 1.54) is 0 Å². The van der Waals surface area contributed by atoms with Gasteiger partial charge in [-0.05, 0) is 12.5 Å². The highest BCUT2D eigenvalue weighted by Crippen LogP contribution is 2.12. The minimum absolute atomic E-state index is 0.463. The lowest BCUT2D eigenvalue weighted by atomic mass is 10.1. The van der Waals surface area contributed by atoms with E-state index in [1.54, 1.807) is 37.3 Å². The predicted octanol–water partition coefficient (Wildman–Crippen LogP) is 1.13. The number of amides is 2. The predicted molar refractivity (Wildman–Crippen MR) is 66.8 cm³/mol. The molecule has 0 aliphatic rings. The van der Waals surface area contributed by atoms with Crippen LogP contribution in [0.1, 0.15) is 18.5 Å². The van der Waals surface area contributed by atoms with Gasteiger partial charge in [-0.25, -0.2) is 9.59 Å². The summed E-state index contributed by atoms with van der Waals surface area (Å²) in [6.45, 7) is 1.62. The van der Waals surface area contributed by atoms with E-state index in [4.69, 9.17) is 11.5 Å². The van der Waals surface area contributed by atoms with E-state index in [1.807, 2.05) is 0 Å². The molecule has 94 valence electrons. The molecule has 2 unspecified atom stereocenters. The average molecular weight is 246 g/mol. The smallest absolute Gasteiger partial charge is 0.330 e. The van der Waals surface area contributed by atoms with Gasteiger partial charge in [-0.15, -0.1) is 6.42 Å². The van der Waals surface area contributed by atoms with Gasteiger partial charge >= 0.3 is 12.0 Å². The van der Waals surface area contributed by atoms with E-state index in [9.17, 15) is 9.59 Å². The molecular formula is C13H14N2O3. The van der Waals surface area contributed by atoms with Gasteiger partial charge in [0.2, 0.25) is 0 Å². The Labute approximate surface area is 105 Å². The van der Waals surface area contributed by atoms with Crippen molar-refractivity contribution in [2.45, 2.75) is 19.0 Å². The molecule has 0 aromatic heterocycles. The maximum atomic E-state index is 11.5. The van der Waals surface area contributed by atoms with Crippen LogP contribution in [0.15, 0.2) is 30.3 Å². The molecule has 0 radical (unpaired) electrons. The molecule has 3 N–H and O–H groups in total. The molecule has 0 saturated carbocycles. The maximum Gasteiger partial charge on any atom is 0.330 e. The number of carboxylic acid groups (broad SMARTS) is 1. The summed E-state index contributed by atoms with van der Waals surface area (Å²) in [7, 11) is 0. The van der Waals surface area contributed by atoms with Crippen LogP contribution >= 0.6 is 0 Å². The van der Waals surface area contributed by atoms with Gasteiger partial charge in [0.05, 0.1) is 6.04 Å². The summed E-state index contributed by atoms with van der Waals surface area (Å²) in [6, 6.07) is 6.25. The number of aliphatic carboxylic acids is 1. The molecule has 2 amide bonds. The number of carbonyl (C=O) groups is 2. The lowest BCUT2D eigenvalue weighted by Gasteiger charge is -2.16. The monoisotopic (exact) mass is 246 g/mol. The fourth-order valence-corrected chi connectivity index (χ4v) is 1.34. The standard InChI is InChI=1S/C13H14N2O3/c1-3-9(2)14-13(18)15-11(12(16)17)10-7-5-4-6-8-10/h1,4-9,11H,2H3,(H,16,17)(H2,14,15,18). The molecule has 0 spiro atoms. The number of nitrogens with one attached hydrogen (secondary N) is 2. The summed E-state index contributed by atoms with van der Waals surface area (Å²) in [6.07, 6.45) is 5.11. The molecule has 2 atom stereocenters. The molecule has 0 fully saturated rings. The molecule has 5 heteroatoms. The normalized spacial score (nSPS) is 12.9. The summed E-state index contributed by atoms with van der Waals surface area (Å²) in [5.41, 5.74) is 0.494. The van der Waals surface area contributed by atoms with E-state index in [2.05, 4.69) is 16.6 Å². The van der Waals surface area contributed by atoms with E-state index in [0.29, 0.717) is 5.56 Å². The minimum atomic E-state index is -1.13. The Kier molecular flexibility index (Phi) is 4.76. The van der Waals surface area contributed by atoms with Crippen molar-refractivity contribution >= 4 is 12.0 Å². The number of urea groups is 1. The molecule has 5 nitrogen and oxygen atoms in total. The van der Waals surface area contributed by atoms with Gasteiger partial charge in [0, 0.05) is 0 Å². The third-order valence-corrected chi connectivity index (χ3v) is 2.25. The van der Waals surface area contributed by atoms with Crippen LogP contribution in [0.25, 0.3) is 0 Å². The second kappa shape index (κ2) is 6.30. The largest absolute Gasteiger partial charge is 0.479 e. The Morgan fingerprint density at radius 2 is 1.89 bits per heavy atom. The lowest BCUT2D eigenvalue weighted by Crippen LogP contribution is -2.43. The highest BCUT2D eigenvalue weighted by molar-refractivity contribution is 5.83. The zero-order valence-corrected chi connectivity index (χ0v) is 9.88. The fourth-order valence-electron chi connectivity index (χ4n) is 1.34. The summed E-state index contributed by atoms with van der Waals surface area (Å²) in [5.74, 6) is 1.18. The van der Waals surface area contributed by atoms with Crippen molar-refractivity contribution in [3.8, 4) is 12.3 Å². The zero-order chi connectivity index (χ0) is 13.5. The van der Waals surface area contributed by atoms with Crippen LogP contribution in [0.2, 0.25) is 0 Å². The number of benzene rings is 1. The van der Waals surface area contributed by atoms with Crippen LogP contribution in [0.5, 0.6) is 0 Å². The van der Waals surface area contributed by atoms with Gasteiger partial charge in [0.25, 0.3) is 0 Å². The van der Waals surface area contributed by atoms with E-state index in [0.717, 1.165) is 0 Å². The van der Waals surface area contributed by atoms with Crippen LogP contribution in [0.3, 0.4) is 0 Å². The summed E-state index contributed by atoms with van der Waals surface area (Å²) >= 11 is 0. The van der Waals surface area contributed by atoms with Crippen molar-refractivity contribution in [3.05, 3.63) is 35.9 Å². The van der Waals surface area contributed by atoms with Crippen LogP contribution in [0, 0.1) is 12.3 Å². The van der Waals surface area contributed by atoms with E-state index in [-0.39, 0.29) is 0 Å². The maximum absolute atomic E-state index is 11.5. The number of terminal acetylenes is 1. The Hall–Kier alpha value is -2.48. The van der Waals surface area contributed by atoms with Crippen molar-refractivity contribution in [3.63, 3.8) is 0 Å². The molecule has 0 saturated heterocycles. The van der Waals surface area contributed by atoms with E-state index >= 15 is 0 Å². The topological polar surface area (TPSA) is 78.4 Å².